The number of para-hydroxylation sites is 1. The average Bonchev–Trinajstić information content (AvgIpc) is 3.25. The van der Waals surface area contributed by atoms with Crippen molar-refractivity contribution < 1.29 is 42.6 Å². The van der Waals surface area contributed by atoms with Gasteiger partial charge in [-0.15, -0.1) is 6.58 Å². The molecule has 1 saturated carbocycles. The van der Waals surface area contributed by atoms with Crippen LogP contribution in [0.4, 0.5) is 5.69 Å². The van der Waals surface area contributed by atoms with Crippen molar-refractivity contribution in [1.82, 2.24) is 9.29 Å². The normalized spacial score (nSPS) is 24.0. The smallest absolute Gasteiger partial charge is 0.273 e. The Morgan fingerprint density at radius 2 is 1.78 bits per heavy atom. The molecule has 3 aromatic carbocycles. The number of allylic oxidation sites excluding steroid dienone is 1. The van der Waals surface area contributed by atoms with E-state index in [4.69, 9.17) is 19.0 Å². The largest absolute Gasteiger partial charge is 0.460 e. The molecule has 1 aliphatic heterocycles. The third-order valence-electron chi connectivity index (χ3n) is 11.9. The Hall–Kier alpha value is -5.19. The van der Waals surface area contributed by atoms with Crippen LogP contribution in [0.25, 0.3) is 10.9 Å². The van der Waals surface area contributed by atoms with E-state index in [1.165, 1.54) is 23.5 Å². The second-order valence-electron chi connectivity index (χ2n) is 15.4. The van der Waals surface area contributed by atoms with Crippen molar-refractivity contribution in [2.24, 2.45) is 22.9 Å². The number of non-ortho nitro benzene ring substituents is 1. The van der Waals surface area contributed by atoms with E-state index in [1.54, 1.807) is 54.7 Å². The van der Waals surface area contributed by atoms with Crippen LogP contribution in [0.2, 0.25) is 0 Å². The van der Waals surface area contributed by atoms with E-state index in [9.17, 15) is 20.3 Å². The fourth-order valence-electron chi connectivity index (χ4n) is 9.31. The fraction of sp³-hybridized carbons (Fsp3) is 0.422. The van der Waals surface area contributed by atoms with Crippen LogP contribution in [0.1, 0.15) is 63.4 Å². The minimum Gasteiger partial charge on any atom is -0.460 e. The number of aliphatic hydroxyl groups is 2. The lowest BCUT2D eigenvalue weighted by molar-refractivity contribution is -0.384. The number of nitro groups is 1. The molecule has 0 radical (unpaired) electrons. The molecular formula is C45H52N4O10S. The number of aromatic nitrogens is 1. The first-order valence-corrected chi connectivity index (χ1v) is 22.0. The van der Waals surface area contributed by atoms with Crippen LogP contribution in [-0.4, -0.2) is 83.9 Å². The maximum Gasteiger partial charge on any atom is 0.273 e. The summed E-state index contributed by atoms with van der Waals surface area (Å²) in [6.45, 7) is 6.20. The molecule has 0 bridgehead atoms. The Bertz CT molecular complexity index is 2370. The predicted octanol–water partition coefficient (Wildman–Crippen LogP) is 7.91. The molecule has 0 amide bonds. The standard InChI is InChI=1S/C45H52N4O10S/c1-4-25-56-45-41(48(3)60(54,55)40-19-10-14-30-15-12-22-46-44(30)40)29-38(47-57-5-2)36-26-31(13-6-8-23-50)35(18-7-9-24-51)42(43(36)45)37-28-34(20-21-39(37)59-45)58-33-17-11-16-32(27-33)49(52)53/h4,10-12,14-17,19-22,26-28,31,35,41-43,50-51H,1,5-9,13,18,23-25,29H2,2-3H3/t31-,35+,41-,42+,43+,45+/m0/s1. The highest BCUT2D eigenvalue weighted by molar-refractivity contribution is 7.89. The van der Waals surface area contributed by atoms with Gasteiger partial charge < -0.3 is 29.3 Å². The summed E-state index contributed by atoms with van der Waals surface area (Å²) in [7, 11) is -2.74. The molecule has 2 N–H and O–H groups in total. The molecule has 1 aromatic heterocycles. The molecule has 318 valence electrons. The van der Waals surface area contributed by atoms with E-state index in [-0.39, 0.29) is 66.9 Å². The molecule has 2 heterocycles. The molecule has 6 atom stereocenters. The van der Waals surface area contributed by atoms with Crippen molar-refractivity contribution >= 4 is 32.3 Å². The first-order valence-electron chi connectivity index (χ1n) is 20.5. The number of rotatable bonds is 19. The van der Waals surface area contributed by atoms with Gasteiger partial charge in [-0.05, 0) is 86.4 Å². The highest BCUT2D eigenvalue weighted by Crippen LogP contribution is 2.62. The number of hydrogen-bond donors (Lipinski definition) is 2. The van der Waals surface area contributed by atoms with Gasteiger partial charge >= 0.3 is 0 Å². The Labute approximate surface area is 350 Å². The summed E-state index contributed by atoms with van der Waals surface area (Å²) >= 11 is 0. The molecule has 14 nitrogen and oxygen atoms in total. The monoisotopic (exact) mass is 840 g/mol. The van der Waals surface area contributed by atoms with Crippen molar-refractivity contribution in [2.45, 2.75) is 74.5 Å². The van der Waals surface area contributed by atoms with Crippen LogP contribution >= 0.6 is 0 Å². The SMILES string of the molecule is C=CCO[C@@]12Oc3ccc(Oc4cccc([N+](=O)[O-])c4)cc3[C@H]3[C@H](CCCCO)[C@@H](CCCCO)C=C(C(=NOCC)C[C@@H]1N(C)S(=O)(=O)c1cccc4cccnc14)[C@H]32. The van der Waals surface area contributed by atoms with Gasteiger partial charge in [0.15, 0.2) is 0 Å². The Morgan fingerprint density at radius 3 is 2.53 bits per heavy atom. The molecule has 0 saturated heterocycles. The third-order valence-corrected chi connectivity index (χ3v) is 13.8. The first kappa shape index (κ1) is 42.9. The van der Waals surface area contributed by atoms with Gasteiger partial charge in [0.05, 0.1) is 40.8 Å². The number of ether oxygens (including phenoxy) is 3. The van der Waals surface area contributed by atoms with E-state index >= 15 is 8.42 Å². The molecule has 2 aliphatic carbocycles. The van der Waals surface area contributed by atoms with Crippen LogP contribution < -0.4 is 9.47 Å². The highest BCUT2D eigenvalue weighted by Gasteiger charge is 2.65. The zero-order chi connectivity index (χ0) is 42.4. The molecule has 3 aliphatic rings. The zero-order valence-corrected chi connectivity index (χ0v) is 34.7. The lowest BCUT2D eigenvalue weighted by atomic mass is 9.55. The number of nitro benzene ring substituents is 1. The van der Waals surface area contributed by atoms with E-state index in [1.807, 2.05) is 25.1 Å². The number of oxime groups is 1. The van der Waals surface area contributed by atoms with Gasteiger partial charge in [0.2, 0.25) is 15.8 Å². The van der Waals surface area contributed by atoms with Gasteiger partial charge in [0, 0.05) is 55.8 Å². The lowest BCUT2D eigenvalue weighted by Crippen LogP contribution is -2.69. The summed E-state index contributed by atoms with van der Waals surface area (Å²) in [6, 6.07) is 19.0. The van der Waals surface area contributed by atoms with E-state index in [0.717, 1.165) is 30.4 Å². The van der Waals surface area contributed by atoms with Gasteiger partial charge in [0.25, 0.3) is 5.69 Å². The van der Waals surface area contributed by atoms with Crippen LogP contribution in [0, 0.1) is 27.9 Å². The van der Waals surface area contributed by atoms with E-state index in [2.05, 4.69) is 22.8 Å². The third kappa shape index (κ3) is 8.28. The summed E-state index contributed by atoms with van der Waals surface area (Å²) in [4.78, 5) is 21.4. The number of aliphatic hydroxyl groups excluding tert-OH is 2. The topological polar surface area (TPSA) is 183 Å². The van der Waals surface area contributed by atoms with Crippen molar-refractivity contribution in [3.63, 3.8) is 0 Å². The Kier molecular flexibility index (Phi) is 13.3. The van der Waals surface area contributed by atoms with Crippen molar-refractivity contribution in [3.8, 4) is 17.2 Å². The Balaban J connectivity index is 1.45. The van der Waals surface area contributed by atoms with Crippen LogP contribution in [0.5, 0.6) is 17.2 Å². The summed E-state index contributed by atoms with van der Waals surface area (Å²) in [5.74, 6) is -1.50. The minimum absolute atomic E-state index is 0.0116. The number of likely N-dealkylation sites (N-methyl/N-ethyl adjacent to an activating group) is 1. The van der Waals surface area contributed by atoms with Crippen LogP contribution in [-0.2, 0) is 19.6 Å². The van der Waals surface area contributed by atoms with Crippen LogP contribution in [0.3, 0.4) is 0 Å². The molecular weight excluding hydrogens is 789 g/mol. The van der Waals surface area contributed by atoms with Gasteiger partial charge in [-0.2, -0.15) is 4.31 Å². The summed E-state index contributed by atoms with van der Waals surface area (Å²) in [6.07, 6.45) is 9.65. The molecule has 15 heteroatoms. The van der Waals surface area contributed by atoms with Crippen molar-refractivity contribution in [1.29, 1.82) is 0 Å². The van der Waals surface area contributed by atoms with Crippen molar-refractivity contribution in [2.75, 3.05) is 33.5 Å². The van der Waals surface area contributed by atoms with Crippen LogP contribution in [0.15, 0.2) is 113 Å². The number of unbranched alkanes of at least 4 members (excludes halogenated alkanes) is 2. The number of fused-ring (bicyclic) bond motifs is 3. The number of sulfonamides is 1. The minimum atomic E-state index is -4.28. The maximum absolute atomic E-state index is 15.0. The summed E-state index contributed by atoms with van der Waals surface area (Å²) < 4.78 is 51.8. The predicted molar refractivity (Wildman–Crippen MR) is 226 cm³/mol. The highest BCUT2D eigenvalue weighted by atomic mass is 32.2. The quantitative estimate of drug-likeness (QED) is 0.0405. The average molecular weight is 841 g/mol. The first-order chi connectivity index (χ1) is 29.1. The zero-order valence-electron chi connectivity index (χ0n) is 33.9. The molecule has 0 spiro atoms. The van der Waals surface area contributed by atoms with E-state index in [0.29, 0.717) is 47.4 Å². The lowest BCUT2D eigenvalue weighted by Gasteiger charge is -2.59. The molecule has 1 fully saturated rings. The molecule has 7 rings (SSSR count). The number of nitrogens with zero attached hydrogens (tertiary/aromatic N) is 4. The molecule has 0 unspecified atom stereocenters. The Morgan fingerprint density at radius 1 is 1.03 bits per heavy atom. The molecule has 4 aromatic rings. The fourth-order valence-corrected chi connectivity index (χ4v) is 10.8. The van der Waals surface area contributed by atoms with Gasteiger partial charge in [-0.3, -0.25) is 15.1 Å². The number of hydrogen-bond acceptors (Lipinski definition) is 12. The number of benzene rings is 3. The summed E-state index contributed by atoms with van der Waals surface area (Å²) in [5, 5.41) is 36.7. The van der Waals surface area contributed by atoms with Gasteiger partial charge in [-0.25, -0.2) is 8.42 Å². The second-order valence-corrected chi connectivity index (χ2v) is 17.4. The maximum atomic E-state index is 15.0. The van der Waals surface area contributed by atoms with E-state index < -0.39 is 32.7 Å². The summed E-state index contributed by atoms with van der Waals surface area (Å²) in [5.41, 5.74) is 2.43. The molecule has 60 heavy (non-hydrogen) atoms. The van der Waals surface area contributed by atoms with Gasteiger partial charge in [0.1, 0.15) is 28.8 Å². The number of pyridine rings is 1. The van der Waals surface area contributed by atoms with Crippen molar-refractivity contribution in [3.05, 3.63) is 119 Å². The van der Waals surface area contributed by atoms with Gasteiger partial charge in [-0.1, -0.05) is 54.4 Å². The second kappa shape index (κ2) is 18.6.